The monoisotopic (exact) mass is 318 g/mol. The lowest BCUT2D eigenvalue weighted by molar-refractivity contribution is -0.384. The highest BCUT2D eigenvalue weighted by atomic mass is 16.6. The quantitative estimate of drug-likeness (QED) is 0.640. The van der Waals surface area contributed by atoms with E-state index in [1.165, 1.54) is 6.07 Å². The molecule has 3 rings (SSSR count). The third-order valence-electron chi connectivity index (χ3n) is 4.45. The van der Waals surface area contributed by atoms with Crippen molar-refractivity contribution in [3.05, 3.63) is 33.9 Å². The number of rotatable bonds is 5. The summed E-state index contributed by atoms with van der Waals surface area (Å²) in [4.78, 5) is 25.4. The first kappa shape index (κ1) is 15.7. The summed E-state index contributed by atoms with van der Waals surface area (Å²) in [6.07, 6.45) is 3.89. The SMILES string of the molecule is CN1CCC(NC(=O)c2ccc(NC3CC3)c([N+](=O)[O-])c2)CC1. The lowest BCUT2D eigenvalue weighted by atomic mass is 10.0. The number of amides is 1. The van der Waals surface area contributed by atoms with Crippen molar-refractivity contribution in [2.75, 3.05) is 25.5 Å². The van der Waals surface area contributed by atoms with Gasteiger partial charge in [0.15, 0.2) is 0 Å². The van der Waals surface area contributed by atoms with Crippen LogP contribution in [0.25, 0.3) is 0 Å². The van der Waals surface area contributed by atoms with Crippen LogP contribution in [0.1, 0.15) is 36.0 Å². The molecule has 0 radical (unpaired) electrons. The van der Waals surface area contributed by atoms with Crippen LogP contribution >= 0.6 is 0 Å². The number of hydrogen-bond donors (Lipinski definition) is 2. The van der Waals surface area contributed by atoms with Crippen molar-refractivity contribution in [1.82, 2.24) is 10.2 Å². The molecule has 1 aliphatic heterocycles. The highest BCUT2D eigenvalue weighted by Crippen LogP contribution is 2.31. The molecule has 0 bridgehead atoms. The van der Waals surface area contributed by atoms with Crippen LogP contribution in [-0.4, -0.2) is 48.0 Å². The zero-order chi connectivity index (χ0) is 16.4. The van der Waals surface area contributed by atoms with Crippen molar-refractivity contribution in [3.63, 3.8) is 0 Å². The van der Waals surface area contributed by atoms with Crippen molar-refractivity contribution in [2.24, 2.45) is 0 Å². The third kappa shape index (κ3) is 3.98. The van der Waals surface area contributed by atoms with Crippen molar-refractivity contribution in [1.29, 1.82) is 0 Å². The molecule has 23 heavy (non-hydrogen) atoms. The molecule has 2 fully saturated rings. The summed E-state index contributed by atoms with van der Waals surface area (Å²) in [5, 5.41) is 17.4. The maximum absolute atomic E-state index is 12.3. The van der Waals surface area contributed by atoms with Gasteiger partial charge in [-0.1, -0.05) is 0 Å². The molecule has 0 aromatic heterocycles. The zero-order valence-electron chi connectivity index (χ0n) is 13.2. The minimum Gasteiger partial charge on any atom is -0.377 e. The standard InChI is InChI=1S/C16H22N4O3/c1-19-8-6-13(7-9-19)18-16(21)11-2-5-14(17-12-3-4-12)15(10-11)20(22)23/h2,5,10,12-13,17H,3-4,6-9H2,1H3,(H,18,21). The van der Waals surface area contributed by atoms with Gasteiger partial charge in [0.2, 0.25) is 0 Å². The molecule has 0 unspecified atom stereocenters. The minimum absolute atomic E-state index is 0.0343. The van der Waals surface area contributed by atoms with Gasteiger partial charge >= 0.3 is 0 Å². The van der Waals surface area contributed by atoms with Gasteiger partial charge in [0.05, 0.1) is 4.92 Å². The molecule has 2 aliphatic rings. The van der Waals surface area contributed by atoms with Gasteiger partial charge in [-0.15, -0.1) is 0 Å². The van der Waals surface area contributed by atoms with Crippen LogP contribution in [0.4, 0.5) is 11.4 Å². The lowest BCUT2D eigenvalue weighted by Gasteiger charge is -2.29. The van der Waals surface area contributed by atoms with Crippen LogP contribution in [0.3, 0.4) is 0 Å². The maximum Gasteiger partial charge on any atom is 0.293 e. The summed E-state index contributed by atoms with van der Waals surface area (Å²) in [6.45, 7) is 1.91. The average Bonchev–Trinajstić information content (AvgIpc) is 3.33. The van der Waals surface area contributed by atoms with Crippen molar-refractivity contribution < 1.29 is 9.72 Å². The molecule has 1 saturated carbocycles. The van der Waals surface area contributed by atoms with Gasteiger partial charge in [0.25, 0.3) is 11.6 Å². The van der Waals surface area contributed by atoms with Crippen molar-refractivity contribution >= 4 is 17.3 Å². The average molecular weight is 318 g/mol. The number of piperidine rings is 1. The number of nitro benzene ring substituents is 1. The molecule has 124 valence electrons. The number of nitrogens with one attached hydrogen (secondary N) is 2. The van der Waals surface area contributed by atoms with Gasteiger partial charge in [-0.25, -0.2) is 0 Å². The van der Waals surface area contributed by atoms with Crippen molar-refractivity contribution in [2.45, 2.75) is 37.8 Å². The second kappa shape index (κ2) is 6.54. The normalized spacial score (nSPS) is 19.3. The van der Waals surface area contributed by atoms with Gasteiger partial charge in [-0.2, -0.15) is 0 Å². The summed E-state index contributed by atoms with van der Waals surface area (Å²) < 4.78 is 0. The highest BCUT2D eigenvalue weighted by molar-refractivity contribution is 5.96. The molecule has 2 N–H and O–H groups in total. The highest BCUT2D eigenvalue weighted by Gasteiger charge is 2.26. The number of benzene rings is 1. The number of nitrogens with zero attached hydrogens (tertiary/aromatic N) is 2. The van der Waals surface area contributed by atoms with E-state index in [0.717, 1.165) is 38.8 Å². The maximum atomic E-state index is 12.3. The molecule has 1 aliphatic carbocycles. The van der Waals surface area contributed by atoms with Crippen molar-refractivity contribution in [3.8, 4) is 0 Å². The van der Waals surface area contributed by atoms with Crippen LogP contribution in [-0.2, 0) is 0 Å². The Hall–Kier alpha value is -2.15. The number of hydrogen-bond acceptors (Lipinski definition) is 5. The van der Waals surface area contributed by atoms with Crippen LogP contribution in [0.5, 0.6) is 0 Å². The van der Waals surface area contributed by atoms with Gasteiger partial charge in [-0.05, 0) is 58.0 Å². The third-order valence-corrected chi connectivity index (χ3v) is 4.45. The first-order valence-electron chi connectivity index (χ1n) is 8.07. The van der Waals surface area contributed by atoms with E-state index in [0.29, 0.717) is 17.3 Å². The Morgan fingerprint density at radius 3 is 2.52 bits per heavy atom. The lowest BCUT2D eigenvalue weighted by Crippen LogP contribution is -2.43. The molecule has 1 amide bonds. The van der Waals surface area contributed by atoms with Gasteiger partial charge in [-0.3, -0.25) is 14.9 Å². The van der Waals surface area contributed by atoms with E-state index in [1.807, 2.05) is 0 Å². The molecule has 0 atom stereocenters. The number of carbonyl (C=O) groups is 1. The summed E-state index contributed by atoms with van der Waals surface area (Å²) in [6, 6.07) is 5.13. The first-order chi connectivity index (χ1) is 11.0. The second-order valence-electron chi connectivity index (χ2n) is 6.46. The smallest absolute Gasteiger partial charge is 0.293 e. The largest absolute Gasteiger partial charge is 0.377 e. The summed E-state index contributed by atoms with van der Waals surface area (Å²) in [5.41, 5.74) is 0.804. The van der Waals surface area contributed by atoms with E-state index in [4.69, 9.17) is 0 Å². The number of nitro groups is 1. The zero-order valence-corrected chi connectivity index (χ0v) is 13.2. The van der Waals surface area contributed by atoms with E-state index in [9.17, 15) is 14.9 Å². The summed E-state index contributed by atoms with van der Waals surface area (Å²) >= 11 is 0. The summed E-state index contributed by atoms with van der Waals surface area (Å²) in [5.74, 6) is -0.236. The Morgan fingerprint density at radius 2 is 1.91 bits per heavy atom. The minimum atomic E-state index is -0.433. The van der Waals surface area contributed by atoms with E-state index >= 15 is 0 Å². The Morgan fingerprint density at radius 1 is 1.22 bits per heavy atom. The van der Waals surface area contributed by atoms with Crippen LogP contribution in [0.15, 0.2) is 18.2 Å². The van der Waals surface area contributed by atoms with E-state index in [1.54, 1.807) is 12.1 Å². The number of carbonyl (C=O) groups excluding carboxylic acids is 1. The Balaban J connectivity index is 1.69. The van der Waals surface area contributed by atoms with E-state index < -0.39 is 4.92 Å². The molecule has 1 aromatic rings. The van der Waals surface area contributed by atoms with Gasteiger partial charge in [0.1, 0.15) is 5.69 Å². The molecule has 7 nitrogen and oxygen atoms in total. The van der Waals surface area contributed by atoms with Crippen LogP contribution < -0.4 is 10.6 Å². The molecule has 1 aromatic carbocycles. The first-order valence-corrected chi connectivity index (χ1v) is 8.07. The molecule has 1 saturated heterocycles. The summed E-state index contributed by atoms with van der Waals surface area (Å²) in [7, 11) is 2.06. The van der Waals surface area contributed by atoms with Crippen LogP contribution in [0, 0.1) is 10.1 Å². The Kier molecular flexibility index (Phi) is 4.47. The number of likely N-dealkylation sites (tertiary alicyclic amines) is 1. The van der Waals surface area contributed by atoms with E-state index in [-0.39, 0.29) is 17.6 Å². The Bertz CT molecular complexity index is 607. The van der Waals surface area contributed by atoms with Gasteiger partial charge in [0, 0.05) is 23.7 Å². The molecular formula is C16H22N4O3. The number of anilines is 1. The predicted octanol–water partition coefficient (Wildman–Crippen LogP) is 1.99. The fourth-order valence-corrected chi connectivity index (χ4v) is 2.82. The predicted molar refractivity (Wildman–Crippen MR) is 87.7 cm³/mol. The fraction of sp³-hybridized carbons (Fsp3) is 0.562. The molecule has 1 heterocycles. The van der Waals surface area contributed by atoms with Gasteiger partial charge < -0.3 is 15.5 Å². The topological polar surface area (TPSA) is 87.5 Å². The second-order valence-corrected chi connectivity index (χ2v) is 6.46. The van der Waals surface area contributed by atoms with E-state index in [2.05, 4.69) is 22.6 Å². The Labute approximate surface area is 135 Å². The fourth-order valence-electron chi connectivity index (χ4n) is 2.82. The molecule has 0 spiro atoms. The van der Waals surface area contributed by atoms with Crippen LogP contribution in [0.2, 0.25) is 0 Å². The molecule has 7 heteroatoms. The molecular weight excluding hydrogens is 296 g/mol.